The number of hydrogen-bond donors (Lipinski definition) is 1. The van der Waals surface area contributed by atoms with E-state index in [1.165, 1.54) is 11.1 Å². The van der Waals surface area contributed by atoms with Crippen LogP contribution in [0.25, 0.3) is 5.65 Å². The summed E-state index contributed by atoms with van der Waals surface area (Å²) in [6, 6.07) is 12.4. The van der Waals surface area contributed by atoms with Gasteiger partial charge in [-0.3, -0.25) is 4.79 Å². The Balaban J connectivity index is 1.94. The molecule has 1 amide bonds. The van der Waals surface area contributed by atoms with Gasteiger partial charge in [0, 0.05) is 37.8 Å². The number of carbonyl (C=O) groups is 1. The number of pyridine rings is 1. The minimum Gasteiger partial charge on any atom is -0.355 e. The lowest BCUT2D eigenvalue weighted by Gasteiger charge is -2.20. The van der Waals surface area contributed by atoms with E-state index in [1.807, 2.05) is 44.7 Å². The van der Waals surface area contributed by atoms with Gasteiger partial charge in [-0.25, -0.2) is 4.98 Å². The number of fused-ring (bicyclic) bond motifs is 1. The van der Waals surface area contributed by atoms with Gasteiger partial charge < -0.3 is 14.6 Å². The molecule has 3 aromatic rings. The van der Waals surface area contributed by atoms with Crippen molar-refractivity contribution in [1.29, 1.82) is 0 Å². The van der Waals surface area contributed by atoms with E-state index in [2.05, 4.69) is 51.6 Å². The molecule has 0 saturated heterocycles. The molecule has 0 aliphatic heterocycles. The molecule has 0 spiro atoms. The highest BCUT2D eigenvalue weighted by Gasteiger charge is 2.23. The topological polar surface area (TPSA) is 49.6 Å². The number of nitrogens with zero attached hydrogens (tertiary/aromatic N) is 3. The molecular formula is C22H28N4O. The van der Waals surface area contributed by atoms with E-state index in [0.717, 1.165) is 23.4 Å². The molecule has 0 saturated carbocycles. The van der Waals surface area contributed by atoms with Gasteiger partial charge in [-0.15, -0.1) is 0 Å². The fourth-order valence-corrected chi connectivity index (χ4v) is 3.46. The third-order valence-electron chi connectivity index (χ3n) is 4.95. The number of rotatable bonds is 7. The molecule has 0 aliphatic rings. The van der Waals surface area contributed by atoms with Crippen molar-refractivity contribution in [3.05, 3.63) is 71.2 Å². The van der Waals surface area contributed by atoms with Crippen LogP contribution in [-0.2, 0) is 4.79 Å². The largest absolute Gasteiger partial charge is 0.355 e. The summed E-state index contributed by atoms with van der Waals surface area (Å²) in [7, 11) is 4.01. The number of carbonyl (C=O) groups excluding carboxylic acids is 1. The van der Waals surface area contributed by atoms with E-state index >= 15 is 0 Å². The molecule has 27 heavy (non-hydrogen) atoms. The SMILES string of the molecule is Cc1ccccc1C(CC(=O)NCCN(C)C)c1cnc2c(C)cccn12. The molecule has 0 bridgehead atoms. The number of imidazole rings is 1. The quantitative estimate of drug-likeness (QED) is 0.701. The van der Waals surface area contributed by atoms with Crippen LogP contribution in [0, 0.1) is 13.8 Å². The first-order valence-corrected chi connectivity index (χ1v) is 9.37. The van der Waals surface area contributed by atoms with Crippen LogP contribution in [-0.4, -0.2) is 47.4 Å². The van der Waals surface area contributed by atoms with Crippen molar-refractivity contribution in [2.24, 2.45) is 0 Å². The number of aromatic nitrogens is 2. The molecule has 2 heterocycles. The number of aryl methyl sites for hydroxylation is 2. The predicted octanol–water partition coefficient (Wildman–Crippen LogP) is 3.15. The molecule has 5 heteroatoms. The number of hydrogen-bond acceptors (Lipinski definition) is 3. The highest BCUT2D eigenvalue weighted by Crippen LogP contribution is 2.31. The van der Waals surface area contributed by atoms with Crippen molar-refractivity contribution in [1.82, 2.24) is 19.6 Å². The summed E-state index contributed by atoms with van der Waals surface area (Å²) in [5.41, 5.74) is 5.47. The van der Waals surface area contributed by atoms with Crippen LogP contribution in [0.5, 0.6) is 0 Å². The molecule has 0 fully saturated rings. The van der Waals surface area contributed by atoms with Crippen LogP contribution in [0.1, 0.15) is 34.7 Å². The van der Waals surface area contributed by atoms with Gasteiger partial charge in [-0.1, -0.05) is 30.3 Å². The number of benzene rings is 1. The van der Waals surface area contributed by atoms with E-state index in [-0.39, 0.29) is 11.8 Å². The fraction of sp³-hybridized carbons (Fsp3) is 0.364. The molecule has 5 nitrogen and oxygen atoms in total. The Bertz CT molecular complexity index is 929. The summed E-state index contributed by atoms with van der Waals surface area (Å²) < 4.78 is 2.11. The van der Waals surface area contributed by atoms with Crippen molar-refractivity contribution >= 4 is 11.6 Å². The van der Waals surface area contributed by atoms with Crippen LogP contribution in [0.2, 0.25) is 0 Å². The number of likely N-dealkylation sites (N-methyl/N-ethyl adjacent to an activating group) is 1. The molecule has 2 aromatic heterocycles. The molecule has 1 aromatic carbocycles. The lowest BCUT2D eigenvalue weighted by atomic mass is 9.89. The van der Waals surface area contributed by atoms with E-state index in [4.69, 9.17) is 0 Å². The zero-order valence-electron chi connectivity index (χ0n) is 16.6. The van der Waals surface area contributed by atoms with Crippen LogP contribution < -0.4 is 5.32 Å². The van der Waals surface area contributed by atoms with Crippen LogP contribution in [0.4, 0.5) is 0 Å². The Morgan fingerprint density at radius 3 is 2.63 bits per heavy atom. The average Bonchev–Trinajstić information content (AvgIpc) is 3.05. The highest BCUT2D eigenvalue weighted by atomic mass is 16.1. The van der Waals surface area contributed by atoms with Gasteiger partial charge >= 0.3 is 0 Å². The highest BCUT2D eigenvalue weighted by molar-refractivity contribution is 5.77. The van der Waals surface area contributed by atoms with Crippen LogP contribution in [0.15, 0.2) is 48.8 Å². The zero-order chi connectivity index (χ0) is 19.4. The van der Waals surface area contributed by atoms with Gasteiger partial charge in [0.15, 0.2) is 0 Å². The molecule has 1 unspecified atom stereocenters. The summed E-state index contributed by atoms with van der Waals surface area (Å²) in [4.78, 5) is 19.3. The molecule has 1 N–H and O–H groups in total. The minimum absolute atomic E-state index is 0.0395. The summed E-state index contributed by atoms with van der Waals surface area (Å²) in [6.07, 6.45) is 4.34. The van der Waals surface area contributed by atoms with Crippen LogP contribution >= 0.6 is 0 Å². The maximum atomic E-state index is 12.7. The number of amides is 1. The van der Waals surface area contributed by atoms with Gasteiger partial charge in [0.1, 0.15) is 5.65 Å². The summed E-state index contributed by atoms with van der Waals surface area (Å²) in [6.45, 7) is 5.64. The third-order valence-corrected chi connectivity index (χ3v) is 4.95. The first-order chi connectivity index (χ1) is 13.0. The Morgan fingerprint density at radius 1 is 1.15 bits per heavy atom. The molecule has 0 aliphatic carbocycles. The van der Waals surface area contributed by atoms with Gasteiger partial charge in [-0.05, 0) is 50.7 Å². The third kappa shape index (κ3) is 4.37. The Kier molecular flexibility index (Phi) is 5.91. The Labute approximate surface area is 161 Å². The van der Waals surface area contributed by atoms with E-state index in [0.29, 0.717) is 13.0 Å². The predicted molar refractivity (Wildman–Crippen MR) is 109 cm³/mol. The Hall–Kier alpha value is -2.66. The first kappa shape index (κ1) is 19.1. The summed E-state index contributed by atoms with van der Waals surface area (Å²) in [5, 5.41) is 3.04. The fourth-order valence-electron chi connectivity index (χ4n) is 3.46. The van der Waals surface area contributed by atoms with Crippen LogP contribution in [0.3, 0.4) is 0 Å². The lowest BCUT2D eigenvalue weighted by Crippen LogP contribution is -2.32. The maximum Gasteiger partial charge on any atom is 0.221 e. The second kappa shape index (κ2) is 8.35. The molecule has 0 radical (unpaired) electrons. The van der Waals surface area contributed by atoms with Crippen molar-refractivity contribution < 1.29 is 4.79 Å². The minimum atomic E-state index is -0.0395. The Morgan fingerprint density at radius 2 is 1.89 bits per heavy atom. The van der Waals surface area contributed by atoms with Crippen molar-refractivity contribution in [3.63, 3.8) is 0 Å². The van der Waals surface area contributed by atoms with Gasteiger partial charge in [0.05, 0.1) is 5.69 Å². The van der Waals surface area contributed by atoms with E-state index in [1.54, 1.807) is 0 Å². The van der Waals surface area contributed by atoms with Crippen molar-refractivity contribution in [3.8, 4) is 0 Å². The molecule has 142 valence electrons. The van der Waals surface area contributed by atoms with Crippen molar-refractivity contribution in [2.75, 3.05) is 27.2 Å². The van der Waals surface area contributed by atoms with Gasteiger partial charge in [-0.2, -0.15) is 0 Å². The second-order valence-corrected chi connectivity index (χ2v) is 7.33. The van der Waals surface area contributed by atoms with E-state index < -0.39 is 0 Å². The van der Waals surface area contributed by atoms with Gasteiger partial charge in [0.2, 0.25) is 5.91 Å². The smallest absolute Gasteiger partial charge is 0.221 e. The second-order valence-electron chi connectivity index (χ2n) is 7.33. The maximum absolute atomic E-state index is 12.7. The average molecular weight is 364 g/mol. The summed E-state index contributed by atoms with van der Waals surface area (Å²) >= 11 is 0. The summed E-state index contributed by atoms with van der Waals surface area (Å²) in [5.74, 6) is 0.0232. The molecule has 1 atom stereocenters. The standard InChI is InChI=1S/C22H28N4O/c1-16-8-5-6-10-18(16)19(14-21(27)23-11-13-25(3)4)20-15-24-22-17(2)9-7-12-26(20)22/h5-10,12,15,19H,11,13-14H2,1-4H3,(H,23,27). The van der Waals surface area contributed by atoms with E-state index in [9.17, 15) is 4.79 Å². The molecular weight excluding hydrogens is 336 g/mol. The first-order valence-electron chi connectivity index (χ1n) is 9.37. The monoisotopic (exact) mass is 364 g/mol. The van der Waals surface area contributed by atoms with Crippen molar-refractivity contribution in [2.45, 2.75) is 26.2 Å². The normalized spacial score (nSPS) is 12.5. The lowest BCUT2D eigenvalue weighted by molar-refractivity contribution is -0.121. The zero-order valence-corrected chi connectivity index (χ0v) is 16.6. The van der Waals surface area contributed by atoms with Gasteiger partial charge in [0.25, 0.3) is 0 Å². The molecule has 3 rings (SSSR count). The number of nitrogens with one attached hydrogen (secondary N) is 1.